The van der Waals surface area contributed by atoms with Gasteiger partial charge >= 0.3 is 6.36 Å². The first-order valence-corrected chi connectivity index (χ1v) is 9.96. The van der Waals surface area contributed by atoms with Crippen LogP contribution in [0, 0.1) is 6.92 Å². The number of halogens is 3. The summed E-state index contributed by atoms with van der Waals surface area (Å²) in [6.45, 7) is 4.10. The molecule has 1 aliphatic rings. The Morgan fingerprint density at radius 1 is 1.06 bits per heavy atom. The maximum absolute atomic E-state index is 12.3. The molecular formula is C22H22F3N5O. The lowest BCUT2D eigenvalue weighted by molar-refractivity contribution is -0.274. The Morgan fingerprint density at radius 2 is 1.87 bits per heavy atom. The smallest absolute Gasteiger partial charge is 0.406 e. The number of ether oxygens (including phenoxy) is 1. The number of aryl methyl sites for hydroxylation is 1. The van der Waals surface area contributed by atoms with E-state index >= 15 is 0 Å². The zero-order valence-corrected chi connectivity index (χ0v) is 17.0. The molecule has 3 heterocycles. The summed E-state index contributed by atoms with van der Waals surface area (Å²) >= 11 is 0. The third kappa shape index (κ3) is 5.42. The molecule has 0 fully saturated rings. The van der Waals surface area contributed by atoms with Crippen LogP contribution in [-0.4, -0.2) is 34.4 Å². The monoisotopic (exact) mass is 429 g/mol. The predicted molar refractivity (Wildman–Crippen MR) is 111 cm³/mol. The molecule has 0 spiro atoms. The van der Waals surface area contributed by atoms with E-state index in [9.17, 15) is 13.2 Å². The number of hydrogen-bond acceptors (Lipinski definition) is 6. The molecule has 4 rings (SSSR count). The van der Waals surface area contributed by atoms with Gasteiger partial charge in [0.05, 0.1) is 5.69 Å². The van der Waals surface area contributed by atoms with Crippen molar-refractivity contribution in [3.8, 4) is 5.75 Å². The molecule has 9 heteroatoms. The number of benzene rings is 1. The van der Waals surface area contributed by atoms with Crippen molar-refractivity contribution in [3.63, 3.8) is 0 Å². The Bertz CT molecular complexity index is 1020. The molecule has 31 heavy (non-hydrogen) atoms. The Balaban J connectivity index is 1.38. The van der Waals surface area contributed by atoms with Gasteiger partial charge in [-0.2, -0.15) is 0 Å². The normalized spacial score (nSPS) is 13.6. The molecule has 0 saturated heterocycles. The number of aromatic nitrogens is 3. The Kier molecular flexibility index (Phi) is 5.92. The number of fused-ring (bicyclic) bond motifs is 1. The summed E-state index contributed by atoms with van der Waals surface area (Å²) in [5, 5.41) is 3.35. The van der Waals surface area contributed by atoms with Gasteiger partial charge in [-0.15, -0.1) is 13.2 Å². The summed E-state index contributed by atoms with van der Waals surface area (Å²) in [5.41, 5.74) is 4.08. The molecule has 1 aliphatic heterocycles. The molecule has 0 saturated carbocycles. The number of nitrogens with one attached hydrogen (secondary N) is 1. The van der Waals surface area contributed by atoms with E-state index in [4.69, 9.17) is 0 Å². The minimum atomic E-state index is -4.68. The number of pyridine rings is 1. The Morgan fingerprint density at radius 3 is 2.58 bits per heavy atom. The van der Waals surface area contributed by atoms with E-state index in [-0.39, 0.29) is 5.75 Å². The van der Waals surface area contributed by atoms with Crippen molar-refractivity contribution in [2.45, 2.75) is 32.7 Å². The highest BCUT2D eigenvalue weighted by Crippen LogP contribution is 2.26. The van der Waals surface area contributed by atoms with Crippen LogP contribution in [0.2, 0.25) is 0 Å². The summed E-state index contributed by atoms with van der Waals surface area (Å²) in [6.07, 6.45) is 0.176. The Labute approximate surface area is 178 Å². The molecule has 0 radical (unpaired) electrons. The Hall–Kier alpha value is -3.36. The van der Waals surface area contributed by atoms with Gasteiger partial charge in [0, 0.05) is 37.8 Å². The van der Waals surface area contributed by atoms with E-state index in [1.165, 1.54) is 12.1 Å². The second-order valence-electron chi connectivity index (χ2n) is 7.38. The molecule has 0 atom stereocenters. The highest BCUT2D eigenvalue weighted by atomic mass is 19.4. The van der Waals surface area contributed by atoms with Crippen molar-refractivity contribution in [1.82, 2.24) is 15.0 Å². The summed E-state index contributed by atoms with van der Waals surface area (Å²) in [4.78, 5) is 15.6. The second-order valence-corrected chi connectivity index (χ2v) is 7.38. The van der Waals surface area contributed by atoms with E-state index in [1.807, 2.05) is 25.3 Å². The fourth-order valence-electron chi connectivity index (χ4n) is 3.52. The summed E-state index contributed by atoms with van der Waals surface area (Å²) in [7, 11) is 0. The van der Waals surface area contributed by atoms with E-state index in [1.54, 1.807) is 18.5 Å². The lowest BCUT2D eigenvalue weighted by Gasteiger charge is -2.30. The molecule has 0 amide bonds. The predicted octanol–water partition coefficient (Wildman–Crippen LogP) is 4.30. The molecule has 162 valence electrons. The number of rotatable bonds is 6. The van der Waals surface area contributed by atoms with Gasteiger partial charge in [-0.25, -0.2) is 15.0 Å². The van der Waals surface area contributed by atoms with Crippen LogP contribution < -0.4 is 15.0 Å². The van der Waals surface area contributed by atoms with Crippen molar-refractivity contribution in [2.75, 3.05) is 23.3 Å². The molecule has 1 N–H and O–H groups in total. The standard InChI is InChI=1S/C22H22F3N5O/c1-15-2-7-20(27-12-15)30-11-9-19-18(13-30)21(29-14-28-19)26-10-8-16-3-5-17(6-4-16)31-22(23,24)25/h2-7,12,14H,8-11,13H2,1H3,(H,26,28,29). The van der Waals surface area contributed by atoms with Gasteiger partial charge in [0.25, 0.3) is 0 Å². The van der Waals surface area contributed by atoms with E-state index in [0.717, 1.165) is 47.0 Å². The first kappa shape index (κ1) is 20.9. The average Bonchev–Trinajstić information content (AvgIpc) is 2.74. The van der Waals surface area contributed by atoms with Gasteiger partial charge < -0.3 is 15.0 Å². The second kappa shape index (κ2) is 8.79. The molecule has 2 aromatic heterocycles. The van der Waals surface area contributed by atoms with E-state index in [2.05, 4.69) is 29.9 Å². The van der Waals surface area contributed by atoms with Crippen LogP contribution in [0.4, 0.5) is 24.8 Å². The molecule has 0 bridgehead atoms. The van der Waals surface area contributed by atoms with Crippen molar-refractivity contribution in [2.24, 2.45) is 0 Å². The van der Waals surface area contributed by atoms with Crippen LogP contribution in [-0.2, 0) is 19.4 Å². The van der Waals surface area contributed by atoms with E-state index in [0.29, 0.717) is 19.5 Å². The van der Waals surface area contributed by atoms with Crippen LogP contribution in [0.5, 0.6) is 5.75 Å². The minimum absolute atomic E-state index is 0.223. The zero-order chi connectivity index (χ0) is 21.8. The maximum Gasteiger partial charge on any atom is 0.573 e. The highest BCUT2D eigenvalue weighted by molar-refractivity contribution is 5.52. The number of alkyl halides is 3. The molecule has 1 aromatic carbocycles. The minimum Gasteiger partial charge on any atom is -0.406 e. The van der Waals surface area contributed by atoms with E-state index < -0.39 is 6.36 Å². The largest absolute Gasteiger partial charge is 0.573 e. The summed E-state index contributed by atoms with van der Waals surface area (Å²) in [6, 6.07) is 9.96. The van der Waals surface area contributed by atoms with Crippen LogP contribution in [0.25, 0.3) is 0 Å². The lowest BCUT2D eigenvalue weighted by Crippen LogP contribution is -2.32. The summed E-state index contributed by atoms with van der Waals surface area (Å²) < 4.78 is 40.7. The topological polar surface area (TPSA) is 63.2 Å². The van der Waals surface area contributed by atoms with Crippen LogP contribution in [0.15, 0.2) is 48.9 Å². The fraction of sp³-hybridized carbons (Fsp3) is 0.318. The summed E-state index contributed by atoms with van der Waals surface area (Å²) in [5.74, 6) is 1.48. The first-order valence-electron chi connectivity index (χ1n) is 9.96. The van der Waals surface area contributed by atoms with Crippen LogP contribution >= 0.6 is 0 Å². The SMILES string of the molecule is Cc1ccc(N2CCc3ncnc(NCCc4ccc(OC(F)(F)F)cc4)c3C2)nc1. The quantitative estimate of drug-likeness (QED) is 0.631. The van der Waals surface area contributed by atoms with Crippen molar-refractivity contribution >= 4 is 11.6 Å². The lowest BCUT2D eigenvalue weighted by atomic mass is 10.1. The zero-order valence-electron chi connectivity index (χ0n) is 17.0. The van der Waals surface area contributed by atoms with Crippen molar-refractivity contribution in [3.05, 3.63) is 71.3 Å². The van der Waals surface area contributed by atoms with Gasteiger partial charge in [-0.05, 0) is 42.7 Å². The van der Waals surface area contributed by atoms with Crippen LogP contribution in [0.3, 0.4) is 0 Å². The number of nitrogens with zero attached hydrogens (tertiary/aromatic N) is 4. The van der Waals surface area contributed by atoms with Crippen molar-refractivity contribution < 1.29 is 17.9 Å². The van der Waals surface area contributed by atoms with Gasteiger partial charge in [-0.1, -0.05) is 18.2 Å². The van der Waals surface area contributed by atoms with Gasteiger partial charge in [0.15, 0.2) is 0 Å². The molecular weight excluding hydrogens is 407 g/mol. The third-order valence-corrected chi connectivity index (χ3v) is 5.08. The van der Waals surface area contributed by atoms with Gasteiger partial charge in [0.2, 0.25) is 0 Å². The fourth-order valence-corrected chi connectivity index (χ4v) is 3.52. The van der Waals surface area contributed by atoms with Crippen LogP contribution in [0.1, 0.15) is 22.4 Å². The van der Waals surface area contributed by atoms with Gasteiger partial charge in [-0.3, -0.25) is 0 Å². The van der Waals surface area contributed by atoms with Crippen molar-refractivity contribution in [1.29, 1.82) is 0 Å². The average molecular weight is 429 g/mol. The highest BCUT2D eigenvalue weighted by Gasteiger charge is 2.31. The third-order valence-electron chi connectivity index (χ3n) is 5.08. The molecule has 3 aromatic rings. The molecule has 0 aliphatic carbocycles. The molecule has 0 unspecified atom stereocenters. The first-order chi connectivity index (χ1) is 14.9. The number of anilines is 2. The number of hydrogen-bond donors (Lipinski definition) is 1. The van der Waals surface area contributed by atoms with Gasteiger partial charge in [0.1, 0.15) is 23.7 Å². The molecule has 6 nitrogen and oxygen atoms in total. The maximum atomic E-state index is 12.3.